The van der Waals surface area contributed by atoms with Crippen LogP contribution in [0.25, 0.3) is 0 Å². The van der Waals surface area contributed by atoms with Gasteiger partial charge in [-0.15, -0.1) is 0 Å². The smallest absolute Gasteiger partial charge is 0.328 e. The topological polar surface area (TPSA) is 73.2 Å². The number of rotatable bonds is 8. The summed E-state index contributed by atoms with van der Waals surface area (Å²) in [7, 11) is 1.86. The lowest BCUT2D eigenvalue weighted by molar-refractivity contribution is -0.149. The maximum absolute atomic E-state index is 12.9. The Kier molecular flexibility index (Phi) is 7.38. The van der Waals surface area contributed by atoms with Gasteiger partial charge in [-0.05, 0) is 38.7 Å². The quantitative estimate of drug-likeness (QED) is 0.707. The fourth-order valence-corrected chi connectivity index (χ4v) is 3.36. The highest BCUT2D eigenvalue weighted by atomic mass is 16.5. The molecule has 0 saturated carbocycles. The zero-order valence-corrected chi connectivity index (χ0v) is 17.7. The van der Waals surface area contributed by atoms with Crippen molar-refractivity contribution in [3.63, 3.8) is 0 Å². The Bertz CT molecular complexity index is 812. The van der Waals surface area contributed by atoms with E-state index in [4.69, 9.17) is 4.74 Å². The summed E-state index contributed by atoms with van der Waals surface area (Å²) in [5.41, 5.74) is 3.60. The second kappa shape index (κ2) is 9.53. The largest absolute Gasteiger partial charge is 0.459 e. The summed E-state index contributed by atoms with van der Waals surface area (Å²) in [6, 6.07) is 8.85. The maximum atomic E-state index is 12.9. The average molecular weight is 386 g/mol. The maximum Gasteiger partial charge on any atom is 0.328 e. The van der Waals surface area contributed by atoms with Crippen LogP contribution in [-0.4, -0.2) is 27.7 Å². The van der Waals surface area contributed by atoms with Gasteiger partial charge in [0, 0.05) is 18.3 Å². The molecule has 2 aromatic rings. The normalized spacial score (nSPS) is 13.2. The molecule has 0 radical (unpaired) electrons. The molecule has 1 aromatic heterocycles. The van der Waals surface area contributed by atoms with E-state index in [9.17, 15) is 9.59 Å². The van der Waals surface area contributed by atoms with E-state index >= 15 is 0 Å². The van der Waals surface area contributed by atoms with E-state index < -0.39 is 17.9 Å². The minimum atomic E-state index is -0.670. The van der Waals surface area contributed by atoms with Gasteiger partial charge in [-0.3, -0.25) is 9.48 Å². The number of hydrogen-bond acceptors (Lipinski definition) is 4. The molecular formula is C22H31N3O3. The number of aromatic nitrogens is 2. The Labute approximate surface area is 167 Å². The second-order valence-corrected chi connectivity index (χ2v) is 7.71. The summed E-state index contributed by atoms with van der Waals surface area (Å²) in [6.07, 6.45) is 0.525. The predicted molar refractivity (Wildman–Crippen MR) is 109 cm³/mol. The Morgan fingerprint density at radius 1 is 1.14 bits per heavy atom. The molecule has 2 atom stereocenters. The van der Waals surface area contributed by atoms with Crippen LogP contribution in [0.3, 0.4) is 0 Å². The van der Waals surface area contributed by atoms with Gasteiger partial charge >= 0.3 is 5.97 Å². The Morgan fingerprint density at radius 3 is 2.32 bits per heavy atom. The van der Waals surface area contributed by atoms with Gasteiger partial charge in [0.05, 0.1) is 11.6 Å². The van der Waals surface area contributed by atoms with Gasteiger partial charge in [0.2, 0.25) is 5.91 Å². The molecular weight excluding hydrogens is 354 g/mol. The van der Waals surface area contributed by atoms with E-state index in [1.807, 2.05) is 72.0 Å². The first kappa shape index (κ1) is 21.7. The van der Waals surface area contributed by atoms with Crippen LogP contribution in [0.4, 0.5) is 0 Å². The number of carbonyl (C=O) groups is 2. The fourth-order valence-electron chi connectivity index (χ4n) is 3.36. The molecule has 0 bridgehead atoms. The molecule has 0 aliphatic rings. The number of benzene rings is 1. The van der Waals surface area contributed by atoms with Gasteiger partial charge in [-0.25, -0.2) is 4.79 Å². The number of nitrogens with zero attached hydrogens (tertiary/aromatic N) is 2. The molecule has 1 aromatic carbocycles. The molecule has 152 valence electrons. The van der Waals surface area contributed by atoms with E-state index in [-0.39, 0.29) is 18.4 Å². The van der Waals surface area contributed by atoms with E-state index in [0.29, 0.717) is 6.42 Å². The monoisotopic (exact) mass is 385 g/mol. The molecule has 0 spiro atoms. The lowest BCUT2D eigenvalue weighted by Crippen LogP contribution is -2.44. The van der Waals surface area contributed by atoms with Gasteiger partial charge in [-0.2, -0.15) is 5.10 Å². The van der Waals surface area contributed by atoms with Gasteiger partial charge in [0.15, 0.2) is 0 Å². The molecule has 6 heteroatoms. The number of ether oxygens (including phenoxy) is 1. The Hall–Kier alpha value is -2.63. The highest BCUT2D eigenvalue weighted by Gasteiger charge is 2.28. The minimum absolute atomic E-state index is 0.193. The highest BCUT2D eigenvalue weighted by Crippen LogP contribution is 2.23. The van der Waals surface area contributed by atoms with Gasteiger partial charge < -0.3 is 10.1 Å². The zero-order valence-electron chi connectivity index (χ0n) is 17.7. The van der Waals surface area contributed by atoms with Crippen molar-refractivity contribution in [3.05, 3.63) is 52.8 Å². The van der Waals surface area contributed by atoms with E-state index in [0.717, 1.165) is 22.5 Å². The Balaban J connectivity index is 2.07. The third-order valence-electron chi connectivity index (χ3n) is 4.92. The molecule has 0 aliphatic carbocycles. The molecule has 0 aliphatic heterocycles. The number of carbonyl (C=O) groups excluding carboxylic acids is 2. The molecule has 0 fully saturated rings. The van der Waals surface area contributed by atoms with Crippen molar-refractivity contribution in [2.45, 2.75) is 59.6 Å². The molecule has 2 rings (SSSR count). The first-order valence-electron chi connectivity index (χ1n) is 9.71. The third kappa shape index (κ3) is 5.44. The predicted octanol–water partition coefficient (Wildman–Crippen LogP) is 3.41. The number of aryl methyl sites for hydroxylation is 2. The van der Waals surface area contributed by atoms with Gasteiger partial charge in [-0.1, -0.05) is 44.2 Å². The summed E-state index contributed by atoms with van der Waals surface area (Å²) in [5, 5.41) is 7.28. The lowest BCUT2D eigenvalue weighted by Gasteiger charge is -2.22. The molecule has 28 heavy (non-hydrogen) atoms. The standard InChI is InChI=1S/C22H31N3O3/c1-14(2)12-19(22(27)28-13-18-10-8-7-9-11-18)23-21(26)15(3)20-16(4)24-25(6)17(20)5/h7-11,14-15,19H,12-13H2,1-6H3,(H,23,26)/t15?,19-/m0/s1. The van der Waals surface area contributed by atoms with Crippen molar-refractivity contribution >= 4 is 11.9 Å². The molecule has 6 nitrogen and oxygen atoms in total. The van der Waals surface area contributed by atoms with Crippen molar-refractivity contribution in [2.24, 2.45) is 13.0 Å². The number of nitrogens with one attached hydrogen (secondary N) is 1. The van der Waals surface area contributed by atoms with Crippen LogP contribution >= 0.6 is 0 Å². The SMILES string of the molecule is Cc1nn(C)c(C)c1C(C)C(=O)N[C@@H](CC(C)C)C(=O)OCc1ccccc1. The molecule has 1 N–H and O–H groups in total. The summed E-state index contributed by atoms with van der Waals surface area (Å²) in [5.74, 6) is -0.753. The van der Waals surface area contributed by atoms with Crippen LogP contribution in [-0.2, 0) is 28.0 Å². The summed E-state index contributed by atoms with van der Waals surface area (Å²) in [4.78, 5) is 25.5. The fraction of sp³-hybridized carbons (Fsp3) is 0.500. The number of esters is 1. The van der Waals surface area contributed by atoms with Crippen LogP contribution < -0.4 is 5.32 Å². The zero-order chi connectivity index (χ0) is 20.8. The molecule has 0 saturated heterocycles. The second-order valence-electron chi connectivity index (χ2n) is 7.71. The number of hydrogen-bond donors (Lipinski definition) is 1. The average Bonchev–Trinajstić information content (AvgIpc) is 2.90. The Morgan fingerprint density at radius 2 is 1.79 bits per heavy atom. The first-order valence-corrected chi connectivity index (χ1v) is 9.71. The minimum Gasteiger partial charge on any atom is -0.459 e. The van der Waals surface area contributed by atoms with Crippen LogP contribution in [0.2, 0.25) is 0 Å². The van der Waals surface area contributed by atoms with Gasteiger partial charge in [0.25, 0.3) is 0 Å². The van der Waals surface area contributed by atoms with Crippen molar-refractivity contribution in [1.82, 2.24) is 15.1 Å². The lowest BCUT2D eigenvalue weighted by atomic mass is 9.97. The molecule has 1 amide bonds. The van der Waals surface area contributed by atoms with Crippen LogP contribution in [0, 0.1) is 19.8 Å². The van der Waals surface area contributed by atoms with Crippen LogP contribution in [0.5, 0.6) is 0 Å². The molecule has 1 heterocycles. The van der Waals surface area contributed by atoms with Crippen molar-refractivity contribution < 1.29 is 14.3 Å². The summed E-state index contributed by atoms with van der Waals surface area (Å²) in [6.45, 7) is 9.91. The third-order valence-corrected chi connectivity index (χ3v) is 4.92. The van der Waals surface area contributed by atoms with E-state index in [1.165, 1.54) is 0 Å². The number of amides is 1. The van der Waals surface area contributed by atoms with Crippen LogP contribution in [0.1, 0.15) is 55.6 Å². The van der Waals surface area contributed by atoms with E-state index in [1.54, 1.807) is 4.68 Å². The summed E-state index contributed by atoms with van der Waals surface area (Å²) >= 11 is 0. The van der Waals surface area contributed by atoms with Crippen molar-refractivity contribution in [3.8, 4) is 0 Å². The van der Waals surface area contributed by atoms with Gasteiger partial charge in [0.1, 0.15) is 12.6 Å². The van der Waals surface area contributed by atoms with Crippen molar-refractivity contribution in [2.75, 3.05) is 0 Å². The van der Waals surface area contributed by atoms with Crippen LogP contribution in [0.15, 0.2) is 30.3 Å². The summed E-state index contributed by atoms with van der Waals surface area (Å²) < 4.78 is 7.23. The van der Waals surface area contributed by atoms with Crippen molar-refractivity contribution in [1.29, 1.82) is 0 Å². The first-order chi connectivity index (χ1) is 13.2. The molecule has 1 unspecified atom stereocenters. The van der Waals surface area contributed by atoms with E-state index in [2.05, 4.69) is 10.4 Å². The highest BCUT2D eigenvalue weighted by molar-refractivity contribution is 5.88.